The molecule has 3 N–H and O–H groups in total. The predicted octanol–water partition coefficient (Wildman–Crippen LogP) is 3.79. The van der Waals surface area contributed by atoms with Gasteiger partial charge in [-0.05, 0) is 36.8 Å². The van der Waals surface area contributed by atoms with Crippen LogP contribution in [0, 0.1) is 0 Å². The molecule has 0 saturated heterocycles. The molecule has 0 aromatic heterocycles. The summed E-state index contributed by atoms with van der Waals surface area (Å²) >= 11 is 0. The molecule has 2 aromatic carbocycles. The van der Waals surface area contributed by atoms with Crippen molar-refractivity contribution in [1.82, 2.24) is 0 Å². The molecule has 26 heavy (non-hydrogen) atoms. The van der Waals surface area contributed by atoms with Crippen molar-refractivity contribution in [2.75, 3.05) is 0 Å². The Bertz CT molecular complexity index is 547. The van der Waals surface area contributed by atoms with Gasteiger partial charge >= 0.3 is 0 Å². The van der Waals surface area contributed by atoms with Crippen LogP contribution in [-0.2, 0) is 22.4 Å². The van der Waals surface area contributed by atoms with Crippen LogP contribution >= 0.6 is 0 Å². The van der Waals surface area contributed by atoms with Crippen molar-refractivity contribution in [3.8, 4) is 0 Å². The van der Waals surface area contributed by atoms with Gasteiger partial charge in [0, 0.05) is 13.8 Å². The van der Waals surface area contributed by atoms with Gasteiger partial charge in [-0.15, -0.1) is 0 Å². The Hall–Kier alpha value is -2.66. The third-order valence-electron chi connectivity index (χ3n) is 3.22. The first-order valence-corrected chi connectivity index (χ1v) is 8.46. The number of hydrogen-bond acceptors (Lipinski definition) is 3. The minimum Gasteiger partial charge on any atom is -0.481 e. The molecular formula is C21H28O5. The average molecular weight is 360 g/mol. The Labute approximate surface area is 154 Å². The standard InChI is InChI=1S/C17H20O.2C2H4O2/c18-17(13-11-15-7-3-1-4-8-15)14-12-16-9-5-2-6-10-16;2*1-2(3)4/h1-10,17-18H,11-14H2;2*1H3,(H,3,4). The highest BCUT2D eigenvalue weighted by atomic mass is 16.4. The van der Waals surface area contributed by atoms with E-state index < -0.39 is 11.9 Å². The van der Waals surface area contributed by atoms with Gasteiger partial charge in [-0.1, -0.05) is 60.7 Å². The second-order valence-corrected chi connectivity index (χ2v) is 5.74. The van der Waals surface area contributed by atoms with Crippen molar-refractivity contribution in [2.45, 2.75) is 45.6 Å². The molecule has 0 radical (unpaired) electrons. The normalized spacial score (nSPS) is 9.38. The lowest BCUT2D eigenvalue weighted by Gasteiger charge is -2.10. The summed E-state index contributed by atoms with van der Waals surface area (Å²) in [5.74, 6) is -1.67. The Morgan fingerprint density at radius 1 is 0.731 bits per heavy atom. The zero-order valence-corrected chi connectivity index (χ0v) is 15.3. The van der Waals surface area contributed by atoms with E-state index in [-0.39, 0.29) is 6.10 Å². The van der Waals surface area contributed by atoms with Crippen molar-refractivity contribution in [1.29, 1.82) is 0 Å². The van der Waals surface area contributed by atoms with E-state index in [1.54, 1.807) is 0 Å². The highest BCUT2D eigenvalue weighted by molar-refractivity contribution is 5.63. The zero-order chi connectivity index (χ0) is 19.8. The molecule has 0 aliphatic rings. The highest BCUT2D eigenvalue weighted by Gasteiger charge is 2.05. The molecule has 0 saturated carbocycles. The molecule has 2 rings (SSSR count). The molecular weight excluding hydrogens is 332 g/mol. The van der Waals surface area contributed by atoms with Gasteiger partial charge in [0.2, 0.25) is 0 Å². The SMILES string of the molecule is CC(=O)O.CC(=O)O.OC(CCc1ccccc1)CCc1ccccc1. The molecule has 5 heteroatoms. The van der Waals surface area contributed by atoms with Gasteiger partial charge in [0.15, 0.2) is 0 Å². The molecule has 0 aliphatic heterocycles. The minimum absolute atomic E-state index is 0.203. The van der Waals surface area contributed by atoms with E-state index in [0.717, 1.165) is 39.5 Å². The number of hydrogen-bond donors (Lipinski definition) is 3. The number of aryl methyl sites for hydroxylation is 2. The second kappa shape index (κ2) is 14.7. The number of aliphatic hydroxyl groups is 1. The first-order valence-electron chi connectivity index (χ1n) is 8.46. The van der Waals surface area contributed by atoms with E-state index in [1.165, 1.54) is 11.1 Å². The summed E-state index contributed by atoms with van der Waals surface area (Å²) < 4.78 is 0. The predicted molar refractivity (Wildman–Crippen MR) is 102 cm³/mol. The lowest BCUT2D eigenvalue weighted by Crippen LogP contribution is -2.09. The van der Waals surface area contributed by atoms with Crippen LogP contribution in [-0.4, -0.2) is 33.4 Å². The average Bonchev–Trinajstić information content (AvgIpc) is 2.59. The summed E-state index contributed by atoms with van der Waals surface area (Å²) in [5.41, 5.74) is 2.60. The van der Waals surface area contributed by atoms with Gasteiger partial charge < -0.3 is 15.3 Å². The van der Waals surface area contributed by atoms with Crippen molar-refractivity contribution in [3.63, 3.8) is 0 Å². The van der Waals surface area contributed by atoms with E-state index in [1.807, 2.05) is 36.4 Å². The number of carbonyl (C=O) groups is 2. The maximum Gasteiger partial charge on any atom is 0.300 e. The molecule has 0 amide bonds. The van der Waals surface area contributed by atoms with Crippen molar-refractivity contribution in [3.05, 3.63) is 71.8 Å². The van der Waals surface area contributed by atoms with Crippen molar-refractivity contribution in [2.24, 2.45) is 0 Å². The number of rotatable bonds is 6. The zero-order valence-electron chi connectivity index (χ0n) is 15.3. The van der Waals surface area contributed by atoms with Crippen molar-refractivity contribution >= 4 is 11.9 Å². The van der Waals surface area contributed by atoms with E-state index in [4.69, 9.17) is 19.8 Å². The summed E-state index contributed by atoms with van der Waals surface area (Å²) in [7, 11) is 0. The Balaban J connectivity index is 0.000000662. The van der Waals surface area contributed by atoms with Crippen LogP contribution in [0.5, 0.6) is 0 Å². The summed E-state index contributed by atoms with van der Waals surface area (Å²) in [6.07, 6.45) is 3.40. The van der Waals surface area contributed by atoms with Gasteiger partial charge in [-0.25, -0.2) is 0 Å². The van der Waals surface area contributed by atoms with Crippen LogP contribution in [0.1, 0.15) is 37.8 Å². The third kappa shape index (κ3) is 16.2. The molecule has 0 unspecified atom stereocenters. The number of aliphatic carboxylic acids is 2. The van der Waals surface area contributed by atoms with E-state index >= 15 is 0 Å². The third-order valence-corrected chi connectivity index (χ3v) is 3.22. The topological polar surface area (TPSA) is 94.8 Å². The second-order valence-electron chi connectivity index (χ2n) is 5.74. The van der Waals surface area contributed by atoms with Crippen LogP contribution in [0.4, 0.5) is 0 Å². The Morgan fingerprint density at radius 3 is 1.27 bits per heavy atom. The lowest BCUT2D eigenvalue weighted by atomic mass is 10.0. The Morgan fingerprint density at radius 2 is 1.00 bits per heavy atom. The maximum absolute atomic E-state index is 9.97. The molecule has 2 aromatic rings. The summed E-state index contributed by atoms with van der Waals surface area (Å²) in [5, 5.41) is 24.8. The van der Waals surface area contributed by atoms with Crippen molar-refractivity contribution < 1.29 is 24.9 Å². The monoisotopic (exact) mass is 360 g/mol. The number of carboxylic acid groups (broad SMARTS) is 2. The van der Waals surface area contributed by atoms with Crippen LogP contribution in [0.15, 0.2) is 60.7 Å². The number of aliphatic hydroxyl groups excluding tert-OH is 1. The molecule has 0 fully saturated rings. The Kier molecular flexibility index (Phi) is 13.2. The summed E-state index contributed by atoms with van der Waals surface area (Å²) in [4.78, 5) is 18.0. The first kappa shape index (κ1) is 23.3. The smallest absolute Gasteiger partial charge is 0.300 e. The fourth-order valence-corrected chi connectivity index (χ4v) is 2.10. The van der Waals surface area contributed by atoms with E-state index in [9.17, 15) is 5.11 Å². The highest BCUT2D eigenvalue weighted by Crippen LogP contribution is 2.10. The fraction of sp³-hybridized carbons (Fsp3) is 0.333. The number of carboxylic acids is 2. The van der Waals surface area contributed by atoms with Gasteiger partial charge in [0.25, 0.3) is 11.9 Å². The largest absolute Gasteiger partial charge is 0.481 e. The quantitative estimate of drug-likeness (QED) is 0.728. The number of benzene rings is 2. The van der Waals surface area contributed by atoms with Crippen LogP contribution < -0.4 is 0 Å². The van der Waals surface area contributed by atoms with Crippen LogP contribution in [0.25, 0.3) is 0 Å². The molecule has 142 valence electrons. The summed E-state index contributed by atoms with van der Waals surface area (Å²) in [6.45, 7) is 2.17. The van der Waals surface area contributed by atoms with Gasteiger partial charge in [0.1, 0.15) is 0 Å². The van der Waals surface area contributed by atoms with Gasteiger partial charge in [-0.3, -0.25) is 9.59 Å². The molecule has 0 atom stereocenters. The lowest BCUT2D eigenvalue weighted by molar-refractivity contribution is -0.135. The fourth-order valence-electron chi connectivity index (χ4n) is 2.10. The van der Waals surface area contributed by atoms with Gasteiger partial charge in [-0.2, -0.15) is 0 Å². The van der Waals surface area contributed by atoms with E-state index in [2.05, 4.69) is 24.3 Å². The van der Waals surface area contributed by atoms with Crippen LogP contribution in [0.3, 0.4) is 0 Å². The first-order chi connectivity index (χ1) is 12.3. The van der Waals surface area contributed by atoms with E-state index in [0.29, 0.717) is 0 Å². The molecule has 0 aliphatic carbocycles. The van der Waals surface area contributed by atoms with Gasteiger partial charge in [0.05, 0.1) is 6.10 Å². The molecule has 0 spiro atoms. The molecule has 5 nitrogen and oxygen atoms in total. The minimum atomic E-state index is -0.833. The maximum atomic E-state index is 9.97. The molecule has 0 heterocycles. The molecule has 0 bridgehead atoms. The van der Waals surface area contributed by atoms with Crippen LogP contribution in [0.2, 0.25) is 0 Å². The summed E-state index contributed by atoms with van der Waals surface area (Å²) in [6, 6.07) is 20.7.